The van der Waals surface area contributed by atoms with E-state index in [4.69, 9.17) is 21.7 Å². The van der Waals surface area contributed by atoms with Crippen molar-refractivity contribution in [3.05, 3.63) is 63.1 Å². The summed E-state index contributed by atoms with van der Waals surface area (Å²) >= 11 is 8.45. The second-order valence-electron chi connectivity index (χ2n) is 6.49. The van der Waals surface area contributed by atoms with E-state index in [1.165, 1.54) is 30.7 Å². The van der Waals surface area contributed by atoms with Gasteiger partial charge >= 0.3 is 0 Å². The van der Waals surface area contributed by atoms with E-state index >= 15 is 0 Å². The largest absolute Gasteiger partial charge is 0.493 e. The minimum absolute atomic E-state index is 0.0108. The summed E-state index contributed by atoms with van der Waals surface area (Å²) in [4.78, 5) is 25.8. The Morgan fingerprint density at radius 3 is 2.55 bits per heavy atom. The summed E-state index contributed by atoms with van der Waals surface area (Å²) in [6.45, 7) is 2.40. The lowest BCUT2D eigenvalue weighted by molar-refractivity contribution is -0.128. The molecule has 0 radical (unpaired) electrons. The van der Waals surface area contributed by atoms with Crippen LogP contribution in [0.15, 0.2) is 46.4 Å². The molecule has 0 atom stereocenters. The molecule has 1 aliphatic rings. The van der Waals surface area contributed by atoms with E-state index < -0.39 is 11.8 Å². The molecule has 2 aromatic carbocycles. The molecule has 150 valence electrons. The SMILES string of the molecule is COc1cc(/C=C2\C(=O)NC(=S)N(C)C2=O)cc(Br)c1OCc1ccc(C)cc1. The highest BCUT2D eigenvalue weighted by Gasteiger charge is 2.30. The van der Waals surface area contributed by atoms with Crippen molar-refractivity contribution in [3.63, 3.8) is 0 Å². The molecule has 8 heteroatoms. The third-order valence-corrected chi connectivity index (χ3v) is 5.34. The molecule has 1 N–H and O–H groups in total. The molecule has 1 saturated heterocycles. The van der Waals surface area contributed by atoms with Crippen LogP contribution in [0.2, 0.25) is 0 Å². The summed E-state index contributed by atoms with van der Waals surface area (Å²) in [5, 5.41) is 2.57. The molecule has 0 aliphatic carbocycles. The Hall–Kier alpha value is -2.71. The predicted molar refractivity (Wildman–Crippen MR) is 118 cm³/mol. The van der Waals surface area contributed by atoms with Gasteiger partial charge in [-0.15, -0.1) is 0 Å². The smallest absolute Gasteiger partial charge is 0.265 e. The maximum absolute atomic E-state index is 12.4. The molecule has 0 aromatic heterocycles. The monoisotopic (exact) mass is 474 g/mol. The maximum Gasteiger partial charge on any atom is 0.265 e. The lowest BCUT2D eigenvalue weighted by Crippen LogP contribution is -2.52. The first-order valence-electron chi connectivity index (χ1n) is 8.71. The van der Waals surface area contributed by atoms with Crippen LogP contribution in [0, 0.1) is 6.92 Å². The van der Waals surface area contributed by atoms with Crippen LogP contribution in [-0.2, 0) is 16.2 Å². The number of carbonyl (C=O) groups excluding carboxylic acids is 2. The second-order valence-corrected chi connectivity index (χ2v) is 7.73. The molecule has 0 unspecified atom stereocenters. The van der Waals surface area contributed by atoms with Gasteiger partial charge in [-0.2, -0.15) is 0 Å². The highest BCUT2D eigenvalue weighted by molar-refractivity contribution is 9.10. The zero-order valence-electron chi connectivity index (χ0n) is 16.1. The van der Waals surface area contributed by atoms with Crippen LogP contribution in [0.1, 0.15) is 16.7 Å². The first-order chi connectivity index (χ1) is 13.8. The Bertz CT molecular complexity index is 1020. The highest BCUT2D eigenvalue weighted by atomic mass is 79.9. The quantitative estimate of drug-likeness (QED) is 0.407. The van der Waals surface area contributed by atoms with Crippen LogP contribution < -0.4 is 14.8 Å². The molecular weight excluding hydrogens is 456 g/mol. The normalized spacial score (nSPS) is 15.5. The number of thiocarbonyl (C=S) groups is 1. The van der Waals surface area contributed by atoms with E-state index in [1.54, 1.807) is 12.1 Å². The molecule has 1 fully saturated rings. The fourth-order valence-corrected chi connectivity index (χ4v) is 3.47. The summed E-state index contributed by atoms with van der Waals surface area (Å²) in [6.07, 6.45) is 1.49. The van der Waals surface area contributed by atoms with Crippen molar-refractivity contribution in [3.8, 4) is 11.5 Å². The summed E-state index contributed by atoms with van der Waals surface area (Å²) in [7, 11) is 3.04. The van der Waals surface area contributed by atoms with Gasteiger partial charge in [0.05, 0.1) is 11.6 Å². The molecule has 29 heavy (non-hydrogen) atoms. The van der Waals surface area contributed by atoms with Crippen molar-refractivity contribution in [1.29, 1.82) is 0 Å². The summed E-state index contributed by atoms with van der Waals surface area (Å²) in [5.41, 5.74) is 2.80. The number of aryl methyl sites for hydroxylation is 1. The van der Waals surface area contributed by atoms with Gasteiger partial charge in [0, 0.05) is 7.05 Å². The minimum atomic E-state index is -0.534. The fourth-order valence-electron chi connectivity index (χ4n) is 2.72. The third-order valence-electron chi connectivity index (χ3n) is 4.37. The summed E-state index contributed by atoms with van der Waals surface area (Å²) in [6, 6.07) is 11.5. The van der Waals surface area contributed by atoms with Gasteiger partial charge in [-0.05, 0) is 64.4 Å². The number of likely N-dealkylation sites (N-methyl/N-ethyl adjacent to an activating group) is 1. The first-order valence-corrected chi connectivity index (χ1v) is 9.91. The summed E-state index contributed by atoms with van der Waals surface area (Å²) in [5.74, 6) is 0.0141. The standard InChI is InChI=1S/C21H19BrN2O4S/c1-12-4-6-13(7-5-12)11-28-18-16(22)9-14(10-17(18)27-3)8-15-19(25)23-21(29)24(2)20(15)26/h4-10H,11H2,1-3H3,(H,23,25,29)/b15-8+. The van der Waals surface area contributed by atoms with E-state index in [0.29, 0.717) is 28.1 Å². The molecule has 2 aromatic rings. The molecule has 0 spiro atoms. The van der Waals surface area contributed by atoms with E-state index in [1.807, 2.05) is 31.2 Å². The number of methoxy groups -OCH3 is 1. The van der Waals surface area contributed by atoms with E-state index in [0.717, 1.165) is 5.56 Å². The molecule has 6 nitrogen and oxygen atoms in total. The van der Waals surface area contributed by atoms with Gasteiger partial charge in [-0.1, -0.05) is 29.8 Å². The Balaban J connectivity index is 1.88. The topological polar surface area (TPSA) is 67.9 Å². The number of benzene rings is 2. The van der Waals surface area contributed by atoms with Gasteiger partial charge in [-0.25, -0.2) is 0 Å². The lowest BCUT2D eigenvalue weighted by Gasteiger charge is -2.25. The van der Waals surface area contributed by atoms with Crippen LogP contribution in [-0.4, -0.2) is 36.0 Å². The Morgan fingerprint density at radius 1 is 1.21 bits per heavy atom. The van der Waals surface area contributed by atoms with Crippen molar-refractivity contribution in [2.45, 2.75) is 13.5 Å². The average Bonchev–Trinajstić information content (AvgIpc) is 2.69. The molecule has 1 aliphatic heterocycles. The van der Waals surface area contributed by atoms with Crippen LogP contribution in [0.5, 0.6) is 11.5 Å². The van der Waals surface area contributed by atoms with Crippen molar-refractivity contribution < 1.29 is 19.1 Å². The molecule has 0 saturated carbocycles. The van der Waals surface area contributed by atoms with Gasteiger partial charge in [0.2, 0.25) is 0 Å². The molecule has 2 amide bonds. The van der Waals surface area contributed by atoms with Crippen LogP contribution in [0.4, 0.5) is 0 Å². The van der Waals surface area contributed by atoms with Crippen molar-refractivity contribution >= 4 is 51.2 Å². The molecular formula is C21H19BrN2O4S. The van der Waals surface area contributed by atoms with E-state index in [2.05, 4.69) is 21.2 Å². The number of ether oxygens (including phenoxy) is 2. The first kappa shape index (κ1) is 21.0. The number of rotatable bonds is 5. The summed E-state index contributed by atoms with van der Waals surface area (Å²) < 4.78 is 12.0. The van der Waals surface area contributed by atoms with Crippen LogP contribution in [0.3, 0.4) is 0 Å². The average molecular weight is 475 g/mol. The van der Waals surface area contributed by atoms with Gasteiger partial charge in [0.25, 0.3) is 11.8 Å². The van der Waals surface area contributed by atoms with Gasteiger partial charge in [0.15, 0.2) is 16.6 Å². The molecule has 1 heterocycles. The number of hydrogen-bond acceptors (Lipinski definition) is 5. The lowest BCUT2D eigenvalue weighted by atomic mass is 10.1. The zero-order valence-corrected chi connectivity index (χ0v) is 18.5. The number of nitrogens with zero attached hydrogens (tertiary/aromatic N) is 1. The Kier molecular flexibility index (Phi) is 6.34. The minimum Gasteiger partial charge on any atom is -0.493 e. The van der Waals surface area contributed by atoms with Crippen LogP contribution >= 0.6 is 28.1 Å². The number of carbonyl (C=O) groups is 2. The number of halogens is 1. The Morgan fingerprint density at radius 2 is 1.90 bits per heavy atom. The zero-order chi connectivity index (χ0) is 21.1. The van der Waals surface area contributed by atoms with Gasteiger partial charge in [0.1, 0.15) is 12.2 Å². The van der Waals surface area contributed by atoms with Crippen molar-refractivity contribution in [2.75, 3.05) is 14.2 Å². The van der Waals surface area contributed by atoms with Crippen molar-refractivity contribution in [1.82, 2.24) is 10.2 Å². The second kappa shape index (κ2) is 8.75. The Labute approximate surface area is 182 Å². The molecule has 0 bridgehead atoms. The van der Waals surface area contributed by atoms with Gasteiger partial charge < -0.3 is 9.47 Å². The maximum atomic E-state index is 12.4. The number of amides is 2. The van der Waals surface area contributed by atoms with Crippen LogP contribution in [0.25, 0.3) is 6.08 Å². The van der Waals surface area contributed by atoms with Crippen molar-refractivity contribution in [2.24, 2.45) is 0 Å². The fraction of sp³-hybridized carbons (Fsp3) is 0.190. The van der Waals surface area contributed by atoms with Gasteiger partial charge in [-0.3, -0.25) is 19.8 Å². The van der Waals surface area contributed by atoms with E-state index in [9.17, 15) is 9.59 Å². The highest BCUT2D eigenvalue weighted by Crippen LogP contribution is 2.38. The predicted octanol–water partition coefficient (Wildman–Crippen LogP) is 3.60. The van der Waals surface area contributed by atoms with E-state index in [-0.39, 0.29) is 10.7 Å². The third kappa shape index (κ3) is 4.65. The number of nitrogens with one attached hydrogen (secondary N) is 1. The number of hydrogen-bond donors (Lipinski definition) is 1. The molecule has 3 rings (SSSR count).